The minimum Gasteiger partial charge on any atom is -0.479 e. The highest BCUT2D eigenvalue weighted by molar-refractivity contribution is 6.06. The topological polar surface area (TPSA) is 117 Å². The molecule has 2 rings (SSSR count). The number of rotatable bonds is 3. The van der Waals surface area contributed by atoms with Gasteiger partial charge < -0.3 is 25.1 Å². The maximum absolute atomic E-state index is 12.0. The molecule has 1 aliphatic carbocycles. The molecule has 22 heavy (non-hydrogen) atoms. The van der Waals surface area contributed by atoms with Crippen LogP contribution < -0.4 is 5.32 Å². The average Bonchev–Trinajstić information content (AvgIpc) is 2.71. The summed E-state index contributed by atoms with van der Waals surface area (Å²) in [5, 5.41) is 24.7. The van der Waals surface area contributed by atoms with Gasteiger partial charge in [-0.15, -0.1) is 0 Å². The lowest BCUT2D eigenvalue weighted by Crippen LogP contribution is -2.53. The third-order valence-corrected chi connectivity index (χ3v) is 3.85. The molecule has 3 N–H and O–H groups in total. The molecule has 0 aromatic rings. The Labute approximate surface area is 127 Å². The number of aliphatic carboxylic acids is 1. The van der Waals surface area contributed by atoms with Gasteiger partial charge in [-0.05, 0) is 6.42 Å². The van der Waals surface area contributed by atoms with Crippen LogP contribution in [0.25, 0.3) is 0 Å². The van der Waals surface area contributed by atoms with E-state index in [2.05, 4.69) is 10.5 Å². The van der Waals surface area contributed by atoms with E-state index in [1.807, 2.05) is 6.92 Å². The van der Waals surface area contributed by atoms with Gasteiger partial charge >= 0.3 is 5.97 Å². The molecule has 0 bridgehead atoms. The van der Waals surface area contributed by atoms with Gasteiger partial charge in [0.15, 0.2) is 5.76 Å². The summed E-state index contributed by atoms with van der Waals surface area (Å²) in [7, 11) is 0. The zero-order valence-corrected chi connectivity index (χ0v) is 13.0. The third-order valence-electron chi connectivity index (χ3n) is 3.85. The predicted octanol–water partition coefficient (Wildman–Crippen LogP) is 1.20. The van der Waals surface area contributed by atoms with Crippen molar-refractivity contribution in [2.45, 2.75) is 51.9 Å². The molecule has 1 saturated heterocycles. The van der Waals surface area contributed by atoms with Crippen molar-refractivity contribution in [3.8, 4) is 0 Å². The maximum atomic E-state index is 12.0. The number of fused-ring (bicyclic) bond motifs is 1. The van der Waals surface area contributed by atoms with E-state index in [0.29, 0.717) is 6.42 Å². The monoisotopic (exact) mass is 312 g/mol. The highest BCUT2D eigenvalue weighted by atomic mass is 16.8. The highest BCUT2D eigenvalue weighted by Gasteiger charge is 2.64. The summed E-state index contributed by atoms with van der Waals surface area (Å²) in [5.74, 6) is -3.29. The van der Waals surface area contributed by atoms with Crippen LogP contribution in [0.5, 0.6) is 0 Å². The highest BCUT2D eigenvalue weighted by Crippen LogP contribution is 2.50. The molecule has 0 radical (unpaired) electrons. The third kappa shape index (κ3) is 2.33. The quantitative estimate of drug-likeness (QED) is 0.532. The van der Waals surface area contributed by atoms with Gasteiger partial charge in [0.25, 0.3) is 0 Å². The second kappa shape index (κ2) is 5.28. The fourth-order valence-electron chi connectivity index (χ4n) is 3.04. The van der Waals surface area contributed by atoms with E-state index in [-0.39, 0.29) is 23.6 Å². The normalized spacial score (nSPS) is 31.6. The van der Waals surface area contributed by atoms with E-state index in [0.717, 1.165) is 0 Å². The van der Waals surface area contributed by atoms with Crippen molar-refractivity contribution in [2.24, 2.45) is 11.1 Å². The molecule has 2 aliphatic rings. The van der Waals surface area contributed by atoms with Crippen molar-refractivity contribution < 1.29 is 29.4 Å². The van der Waals surface area contributed by atoms with Crippen molar-refractivity contribution >= 4 is 17.6 Å². The molecule has 0 spiro atoms. The molecule has 0 aromatic carbocycles. The zero-order valence-electron chi connectivity index (χ0n) is 13.0. The lowest BCUT2D eigenvalue weighted by Gasteiger charge is -2.36. The smallest absolute Gasteiger partial charge is 0.344 e. The van der Waals surface area contributed by atoms with E-state index >= 15 is 0 Å². The van der Waals surface area contributed by atoms with Crippen LogP contribution in [0.4, 0.5) is 0 Å². The summed E-state index contributed by atoms with van der Waals surface area (Å²) in [6.45, 7) is 6.28. The Hall–Kier alpha value is -2.09. The van der Waals surface area contributed by atoms with E-state index in [9.17, 15) is 19.9 Å². The van der Waals surface area contributed by atoms with Crippen LogP contribution in [0.1, 0.15) is 40.5 Å². The molecule has 0 aromatic heterocycles. The second-order valence-corrected chi connectivity index (χ2v) is 5.89. The van der Waals surface area contributed by atoms with Crippen molar-refractivity contribution in [2.75, 3.05) is 0 Å². The Bertz CT molecular complexity index is 580. The number of oxime groups is 1. The number of carbonyl (C=O) groups excluding carboxylic acids is 1. The van der Waals surface area contributed by atoms with Crippen LogP contribution in [-0.4, -0.2) is 39.3 Å². The van der Waals surface area contributed by atoms with Gasteiger partial charge in [-0.1, -0.05) is 12.1 Å². The Morgan fingerprint density at radius 1 is 1.45 bits per heavy atom. The van der Waals surface area contributed by atoms with Gasteiger partial charge in [0.05, 0.1) is 0 Å². The standard InChI is InChI=1S/C14H20N2O6/c1-5-8-6-9(16-20)10(15-7(2)17)11-14(8,12(18)19)22-13(3,4)21-11/h8,20H,5-6H2,1-4H3,(H,15,17)(H,18,19)/t8?,14-/m1/s1. The zero-order chi connectivity index (χ0) is 16.7. The minimum atomic E-state index is -1.70. The first-order valence-electron chi connectivity index (χ1n) is 7.04. The van der Waals surface area contributed by atoms with Crippen LogP contribution in [0.3, 0.4) is 0 Å². The van der Waals surface area contributed by atoms with Gasteiger partial charge in [-0.3, -0.25) is 4.79 Å². The molecule has 1 amide bonds. The summed E-state index contributed by atoms with van der Waals surface area (Å²) in [6.07, 6.45) is 0.624. The van der Waals surface area contributed by atoms with E-state index < -0.39 is 29.2 Å². The predicted molar refractivity (Wildman–Crippen MR) is 75.1 cm³/mol. The number of amides is 1. The molecule has 122 valence electrons. The molecule has 0 saturated carbocycles. The number of hydrogen-bond acceptors (Lipinski definition) is 6. The van der Waals surface area contributed by atoms with Gasteiger partial charge in [-0.25, -0.2) is 4.79 Å². The van der Waals surface area contributed by atoms with Crippen LogP contribution in [-0.2, 0) is 19.1 Å². The van der Waals surface area contributed by atoms with Crippen LogP contribution in [0.2, 0.25) is 0 Å². The van der Waals surface area contributed by atoms with E-state index in [1.54, 1.807) is 13.8 Å². The SMILES string of the molecule is CCC1CC(=NO)C(NC(C)=O)=C2OC(C)(C)O[C@@]21C(=O)O. The Kier molecular flexibility index (Phi) is 3.90. The summed E-state index contributed by atoms with van der Waals surface area (Å²) in [4.78, 5) is 23.4. The molecule has 1 heterocycles. The van der Waals surface area contributed by atoms with Gasteiger partial charge in [0, 0.05) is 33.1 Å². The molecule has 1 unspecified atom stereocenters. The van der Waals surface area contributed by atoms with E-state index in [4.69, 9.17) is 9.47 Å². The first-order valence-corrected chi connectivity index (χ1v) is 7.04. The van der Waals surface area contributed by atoms with Gasteiger partial charge in [0.2, 0.25) is 17.3 Å². The number of carbonyl (C=O) groups is 2. The molecule has 8 heteroatoms. The molecule has 1 aliphatic heterocycles. The van der Waals surface area contributed by atoms with Gasteiger partial charge in [-0.2, -0.15) is 0 Å². The van der Waals surface area contributed by atoms with Crippen molar-refractivity contribution in [1.82, 2.24) is 5.32 Å². The maximum Gasteiger partial charge on any atom is 0.344 e. The van der Waals surface area contributed by atoms with Crippen LogP contribution in [0.15, 0.2) is 16.6 Å². The lowest BCUT2D eigenvalue weighted by atomic mass is 9.74. The largest absolute Gasteiger partial charge is 0.479 e. The van der Waals surface area contributed by atoms with Crippen molar-refractivity contribution in [1.29, 1.82) is 0 Å². The Morgan fingerprint density at radius 3 is 2.55 bits per heavy atom. The molecule has 1 fully saturated rings. The summed E-state index contributed by atoms with van der Waals surface area (Å²) >= 11 is 0. The number of ether oxygens (including phenoxy) is 2. The van der Waals surface area contributed by atoms with Crippen molar-refractivity contribution in [3.05, 3.63) is 11.5 Å². The molecular formula is C14H20N2O6. The summed E-state index contributed by atoms with van der Waals surface area (Å²) < 4.78 is 11.4. The summed E-state index contributed by atoms with van der Waals surface area (Å²) in [6, 6.07) is 0. The molecule has 8 nitrogen and oxygen atoms in total. The fraction of sp³-hybridized carbons (Fsp3) is 0.643. The second-order valence-electron chi connectivity index (χ2n) is 5.89. The number of allylic oxidation sites excluding steroid dienone is 1. The molecular weight excluding hydrogens is 292 g/mol. The first kappa shape index (κ1) is 16.3. The van der Waals surface area contributed by atoms with Crippen molar-refractivity contribution in [3.63, 3.8) is 0 Å². The van der Waals surface area contributed by atoms with E-state index in [1.165, 1.54) is 6.92 Å². The summed E-state index contributed by atoms with van der Waals surface area (Å²) in [5.41, 5.74) is -1.47. The first-order chi connectivity index (χ1) is 10.2. The minimum absolute atomic E-state index is 0.0221. The number of hydrogen-bond donors (Lipinski definition) is 3. The number of nitrogens with zero attached hydrogens (tertiary/aromatic N) is 1. The Morgan fingerprint density at radius 2 is 2.09 bits per heavy atom. The van der Waals surface area contributed by atoms with Crippen LogP contribution >= 0.6 is 0 Å². The number of carboxylic acid groups (broad SMARTS) is 1. The Balaban J connectivity index is 2.72. The van der Waals surface area contributed by atoms with Crippen LogP contribution in [0, 0.1) is 5.92 Å². The number of carboxylic acids is 1. The number of nitrogens with one attached hydrogen (secondary N) is 1. The fourth-order valence-corrected chi connectivity index (χ4v) is 3.04. The van der Waals surface area contributed by atoms with Gasteiger partial charge in [0.1, 0.15) is 11.4 Å². The average molecular weight is 312 g/mol. The molecule has 2 atom stereocenters. The lowest BCUT2D eigenvalue weighted by molar-refractivity contribution is -0.194.